The normalized spacial score (nSPS) is 18.2. The van der Waals surface area contributed by atoms with E-state index in [0.717, 1.165) is 82.8 Å². The molecule has 0 saturated carbocycles. The van der Waals surface area contributed by atoms with Crippen LogP contribution in [0.5, 0.6) is 0 Å². The van der Waals surface area contributed by atoms with Gasteiger partial charge < -0.3 is 9.97 Å². The van der Waals surface area contributed by atoms with Crippen molar-refractivity contribution in [2.24, 2.45) is 0 Å². The van der Waals surface area contributed by atoms with Gasteiger partial charge in [-0.2, -0.15) is 0 Å². The first-order chi connectivity index (χ1) is 18.6. The number of hydrogen-bond acceptors (Lipinski definition) is 3. The van der Waals surface area contributed by atoms with Crippen molar-refractivity contribution in [3.8, 4) is 0 Å². The quantitative estimate of drug-likeness (QED) is 0.240. The van der Waals surface area contributed by atoms with Crippen molar-refractivity contribution in [3.05, 3.63) is 101 Å². The molecule has 2 radical (unpaired) electrons. The van der Waals surface area contributed by atoms with Crippen molar-refractivity contribution in [3.63, 3.8) is 0 Å². The maximum atomic E-state index is 5.81. The Kier molecular flexibility index (Phi) is 7.53. The average molecular weight is 710 g/mol. The topological polar surface area (TPSA) is 66.6 Å². The van der Waals surface area contributed by atoms with Crippen LogP contribution in [0.4, 0.5) is 0 Å². The molecule has 7 rings (SSSR count). The van der Waals surface area contributed by atoms with Crippen molar-refractivity contribution < 1.29 is 4.74 Å². The molecule has 188 valence electrons. The summed E-state index contributed by atoms with van der Waals surface area (Å²) in [6.45, 7) is 0.962. The molecule has 0 spiro atoms. The number of H-pyrrole nitrogens is 2. The van der Waals surface area contributed by atoms with Crippen LogP contribution < -0.4 is 3.12 Å². The van der Waals surface area contributed by atoms with Crippen LogP contribution in [0.15, 0.2) is 72.8 Å². The predicted octanol–water partition coefficient (Wildman–Crippen LogP) is 4.87. The van der Waals surface area contributed by atoms with Gasteiger partial charge in [-0.3, -0.25) is 0 Å². The molecule has 4 aromatic rings. The number of fused-ring (bicyclic) bond motifs is 8. The van der Waals surface area contributed by atoms with Gasteiger partial charge in [0.15, 0.2) is 0 Å². The van der Waals surface area contributed by atoms with Crippen LogP contribution in [0.25, 0.3) is 46.4 Å². The van der Waals surface area contributed by atoms with E-state index in [0.29, 0.717) is 6.10 Å². The monoisotopic (exact) mass is 710 g/mol. The molecule has 3 aromatic heterocycles. The van der Waals surface area contributed by atoms with Gasteiger partial charge in [0, 0.05) is 22.1 Å². The van der Waals surface area contributed by atoms with E-state index in [-0.39, 0.29) is 0 Å². The van der Waals surface area contributed by atoms with Crippen molar-refractivity contribution in [2.45, 2.75) is 24.5 Å². The third kappa shape index (κ3) is 6.31. The SMILES string of the molecule is C1=Cc2cc3ccc(cc4nc(cc5ccc(cc1n2)[nH]5)C=C4)[nH]3.[SiH3]C1CCOC(c2cc[c]([PbH])cc2)C1. The van der Waals surface area contributed by atoms with Crippen molar-refractivity contribution in [2.75, 3.05) is 6.61 Å². The van der Waals surface area contributed by atoms with Gasteiger partial charge in [-0.1, -0.05) is 0 Å². The Morgan fingerprint density at radius 1 is 0.684 bits per heavy atom. The van der Waals surface area contributed by atoms with Crippen LogP contribution in [0.3, 0.4) is 0 Å². The Hall–Kier alpha value is -3.08. The van der Waals surface area contributed by atoms with E-state index in [1.165, 1.54) is 31.8 Å². The molecule has 5 nitrogen and oxygen atoms in total. The van der Waals surface area contributed by atoms with E-state index in [1.54, 1.807) is 0 Å². The molecule has 3 aliphatic rings. The summed E-state index contributed by atoms with van der Waals surface area (Å²) in [5.74, 6) is 0. The first kappa shape index (κ1) is 25.2. The molecule has 38 heavy (non-hydrogen) atoms. The number of aromatic nitrogens is 4. The van der Waals surface area contributed by atoms with Gasteiger partial charge in [-0.15, -0.1) is 0 Å². The van der Waals surface area contributed by atoms with Crippen LogP contribution >= 0.6 is 0 Å². The van der Waals surface area contributed by atoms with Crippen LogP contribution in [-0.4, -0.2) is 62.6 Å². The molecule has 1 aromatic carbocycles. The number of ether oxygens (including phenoxy) is 1. The summed E-state index contributed by atoms with van der Waals surface area (Å²) in [5.41, 5.74) is 10.2. The van der Waals surface area contributed by atoms with Crippen LogP contribution in [0.1, 0.15) is 47.3 Å². The summed E-state index contributed by atoms with van der Waals surface area (Å²) < 4.78 is 7.30. The maximum absolute atomic E-state index is 5.81. The van der Waals surface area contributed by atoms with E-state index in [1.807, 2.05) is 48.6 Å². The van der Waals surface area contributed by atoms with E-state index >= 15 is 0 Å². The Morgan fingerprint density at radius 2 is 1.13 bits per heavy atom. The van der Waals surface area contributed by atoms with Gasteiger partial charge in [-0.25, -0.2) is 9.97 Å². The predicted molar refractivity (Wildman–Crippen MR) is 164 cm³/mol. The third-order valence-corrected chi connectivity index (χ3v) is 9.44. The molecule has 7 heteroatoms. The van der Waals surface area contributed by atoms with Gasteiger partial charge in [0.1, 0.15) is 0 Å². The second-order valence-corrected chi connectivity index (χ2v) is 14.3. The first-order valence-corrected chi connectivity index (χ1v) is 16.5. The second kappa shape index (κ2) is 11.3. The van der Waals surface area contributed by atoms with Gasteiger partial charge in [0.05, 0.1) is 22.8 Å². The molecule has 1 fully saturated rings. The van der Waals surface area contributed by atoms with E-state index < -0.39 is 0 Å². The average Bonchev–Trinajstić information content (AvgIpc) is 3.71. The summed E-state index contributed by atoms with van der Waals surface area (Å²) in [4.78, 5) is 16.0. The number of nitrogens with one attached hydrogen (secondary N) is 2. The number of benzene rings is 1. The Morgan fingerprint density at radius 3 is 1.55 bits per heavy atom. The Balaban J connectivity index is 0.000000161. The Bertz CT molecular complexity index is 1490. The van der Waals surface area contributed by atoms with E-state index in [2.05, 4.69) is 68.5 Å². The van der Waals surface area contributed by atoms with Crippen molar-refractivity contribution >= 4 is 85.5 Å². The number of nitrogens with zero attached hydrogens (tertiary/aromatic N) is 2. The summed E-state index contributed by atoms with van der Waals surface area (Å²) in [5, 5.41) is 0. The zero-order valence-corrected chi connectivity index (χ0v) is 27.9. The fraction of sp³-hybridized carbons (Fsp3) is 0.161. The van der Waals surface area contributed by atoms with Crippen molar-refractivity contribution in [1.29, 1.82) is 0 Å². The molecule has 2 unspecified atom stereocenters. The number of aromatic amines is 2. The molecule has 1 saturated heterocycles. The number of hydrogen-bond donors (Lipinski definition) is 2. The number of rotatable bonds is 1. The summed E-state index contributed by atoms with van der Waals surface area (Å²) in [6.07, 6.45) is 11.0. The fourth-order valence-corrected chi connectivity index (χ4v) is 6.26. The summed E-state index contributed by atoms with van der Waals surface area (Å²) >= 11 is 0.952. The van der Waals surface area contributed by atoms with Gasteiger partial charge in [0.25, 0.3) is 0 Å². The zero-order valence-electron chi connectivity index (χ0n) is 21.4. The summed E-state index contributed by atoms with van der Waals surface area (Å²) in [6, 6.07) is 25.4. The van der Waals surface area contributed by atoms with Gasteiger partial charge >= 0.3 is 105 Å². The second-order valence-electron chi connectivity index (χ2n) is 10.1. The van der Waals surface area contributed by atoms with Gasteiger partial charge in [-0.05, 0) is 72.8 Å². The molecule has 6 heterocycles. The molecule has 0 amide bonds. The van der Waals surface area contributed by atoms with Crippen molar-refractivity contribution in [1.82, 2.24) is 19.9 Å². The standard InChI is InChI=1S/C20H14N4.C11H15OSi.Pb.H/c1-2-14-10-16-5-6-18(23-16)12-20-8-7-19(24-20)11-17-4-3-15(22-17)9-13(1)21-14;13-10-6-7-12-11(8-10)9-4-2-1-3-5-9;;/h1-12,21,24H;2-5,10-11H,6-8H2,13H3;;. The summed E-state index contributed by atoms with van der Waals surface area (Å²) in [7, 11) is 1.32. The Labute approximate surface area is 241 Å². The van der Waals surface area contributed by atoms with E-state index in [4.69, 9.17) is 4.74 Å². The molecular weight excluding hydrogens is 680 g/mol. The van der Waals surface area contributed by atoms with Crippen LogP contribution in [0.2, 0.25) is 5.54 Å². The molecule has 3 aliphatic heterocycles. The molecule has 2 N–H and O–H groups in total. The van der Waals surface area contributed by atoms with Crippen LogP contribution in [0, 0.1) is 0 Å². The molecular formula is C31H30N4OPbSi. The first-order valence-electron chi connectivity index (χ1n) is 13.1. The third-order valence-electron chi connectivity index (χ3n) is 6.90. The minimum atomic E-state index is 0.386. The van der Waals surface area contributed by atoms with E-state index in [9.17, 15) is 0 Å². The molecule has 2 atom stereocenters. The minimum absolute atomic E-state index is 0.386. The zero-order chi connectivity index (χ0) is 25.9. The van der Waals surface area contributed by atoms with Crippen LogP contribution in [-0.2, 0) is 4.74 Å². The van der Waals surface area contributed by atoms with Gasteiger partial charge in [0.2, 0.25) is 0 Å². The fourth-order valence-electron chi connectivity index (χ4n) is 4.85. The molecule has 8 bridgehead atoms. The molecule has 0 aliphatic carbocycles.